The highest BCUT2D eigenvalue weighted by molar-refractivity contribution is 6.09. The zero-order valence-corrected chi connectivity index (χ0v) is 17.1. The summed E-state index contributed by atoms with van der Waals surface area (Å²) in [5, 5.41) is 20.3. The van der Waals surface area contributed by atoms with E-state index in [-0.39, 0.29) is 24.1 Å². The number of nitrogens with zero attached hydrogens (tertiary/aromatic N) is 1. The number of aliphatic hydroxyl groups excluding tert-OH is 1. The molecule has 1 aliphatic rings. The first-order chi connectivity index (χ1) is 15.0. The van der Waals surface area contributed by atoms with Crippen molar-refractivity contribution >= 4 is 22.5 Å². The third kappa shape index (κ3) is 5.16. The highest BCUT2D eigenvalue weighted by atomic mass is 19.1. The number of aromatic nitrogens is 1. The number of nitrogen functional groups attached to an aromatic ring is 1. The average Bonchev–Trinajstić information content (AvgIpc) is 3.60. The normalized spacial score (nSPS) is 14.5. The van der Waals surface area contributed by atoms with Crippen molar-refractivity contribution in [1.29, 1.82) is 0 Å². The minimum Gasteiger partial charge on any atom is -0.394 e. The van der Waals surface area contributed by atoms with Gasteiger partial charge in [-0.2, -0.15) is 0 Å². The maximum atomic E-state index is 13.6. The molecule has 3 aromatic rings. The molecule has 0 bridgehead atoms. The van der Waals surface area contributed by atoms with Crippen LogP contribution in [0.4, 0.5) is 10.2 Å². The van der Waals surface area contributed by atoms with Gasteiger partial charge < -0.3 is 26.8 Å². The number of rotatable bonds is 9. The maximum Gasteiger partial charge on any atom is 0.253 e. The lowest BCUT2D eigenvalue weighted by molar-refractivity contribution is 0.0917. The molecule has 162 valence electrons. The minimum absolute atomic E-state index is 0.188. The number of nitrogens with one attached hydrogen (secondary N) is 3. The van der Waals surface area contributed by atoms with Gasteiger partial charge in [0, 0.05) is 30.8 Å². The summed E-state index contributed by atoms with van der Waals surface area (Å²) in [6.07, 6.45) is 3.82. The Hall–Kier alpha value is -3.07. The second kappa shape index (κ2) is 9.38. The summed E-state index contributed by atoms with van der Waals surface area (Å²) >= 11 is 0. The van der Waals surface area contributed by atoms with Crippen LogP contribution < -0.4 is 21.7 Å². The van der Waals surface area contributed by atoms with Gasteiger partial charge in [-0.25, -0.2) is 9.37 Å². The second-order valence-electron chi connectivity index (χ2n) is 7.79. The standard InChI is InChI=1S/C23H26FN5O2/c24-16-3-1-2-14(8-16)15-4-7-19-20(9-15)22(25)27-11-21(19)23(31)29-18(12-30)10-26-13-28-17-5-6-17/h1-4,7-9,11,17-18,26,28,30H,5-6,10,12-13H2,(H2,25,27)(H,29,31). The molecule has 1 saturated carbocycles. The first kappa shape index (κ1) is 21.2. The van der Waals surface area contributed by atoms with Crippen LogP contribution in [-0.4, -0.2) is 47.9 Å². The lowest BCUT2D eigenvalue weighted by atomic mass is 9.99. The van der Waals surface area contributed by atoms with Crippen LogP contribution in [0, 0.1) is 5.82 Å². The molecular weight excluding hydrogens is 397 g/mol. The third-order valence-corrected chi connectivity index (χ3v) is 5.36. The summed E-state index contributed by atoms with van der Waals surface area (Å²) in [5.41, 5.74) is 7.92. The molecule has 0 spiro atoms. The predicted molar refractivity (Wildman–Crippen MR) is 119 cm³/mol. The highest BCUT2D eigenvalue weighted by Gasteiger charge is 2.20. The monoisotopic (exact) mass is 423 g/mol. The number of hydrogen-bond donors (Lipinski definition) is 5. The number of pyridine rings is 1. The molecule has 7 nitrogen and oxygen atoms in total. The molecule has 1 aromatic heterocycles. The van der Waals surface area contributed by atoms with Crippen molar-refractivity contribution in [2.75, 3.05) is 25.6 Å². The van der Waals surface area contributed by atoms with Crippen molar-refractivity contribution in [1.82, 2.24) is 20.9 Å². The Bertz CT molecular complexity index is 1090. The SMILES string of the molecule is Nc1ncc(C(=O)NC(CO)CNCNC2CC2)c2ccc(-c3cccc(F)c3)cc12. The summed E-state index contributed by atoms with van der Waals surface area (Å²) in [7, 11) is 0. The van der Waals surface area contributed by atoms with Crippen LogP contribution in [0.1, 0.15) is 23.2 Å². The topological polar surface area (TPSA) is 112 Å². The van der Waals surface area contributed by atoms with Crippen molar-refractivity contribution in [3.63, 3.8) is 0 Å². The van der Waals surface area contributed by atoms with E-state index in [9.17, 15) is 14.3 Å². The smallest absolute Gasteiger partial charge is 0.253 e. The summed E-state index contributed by atoms with van der Waals surface area (Å²) in [6, 6.07) is 11.8. The van der Waals surface area contributed by atoms with Crippen molar-refractivity contribution < 1.29 is 14.3 Å². The van der Waals surface area contributed by atoms with Gasteiger partial charge in [-0.05, 0) is 47.6 Å². The van der Waals surface area contributed by atoms with E-state index in [0.29, 0.717) is 41.2 Å². The van der Waals surface area contributed by atoms with Crippen LogP contribution in [-0.2, 0) is 0 Å². The molecule has 0 saturated heterocycles. The number of anilines is 1. The lowest BCUT2D eigenvalue weighted by Gasteiger charge is -2.18. The summed E-state index contributed by atoms with van der Waals surface area (Å²) in [6.45, 7) is 0.879. The Morgan fingerprint density at radius 1 is 1.19 bits per heavy atom. The zero-order chi connectivity index (χ0) is 21.8. The maximum absolute atomic E-state index is 13.6. The average molecular weight is 423 g/mol. The predicted octanol–water partition coefficient (Wildman–Crippen LogP) is 2.01. The van der Waals surface area contributed by atoms with E-state index >= 15 is 0 Å². The Labute approximate surface area is 179 Å². The number of nitrogens with two attached hydrogens (primary N) is 1. The quantitative estimate of drug-likeness (QED) is 0.266. The van der Waals surface area contributed by atoms with E-state index < -0.39 is 6.04 Å². The molecule has 1 aliphatic carbocycles. The molecule has 1 unspecified atom stereocenters. The first-order valence-corrected chi connectivity index (χ1v) is 10.3. The summed E-state index contributed by atoms with van der Waals surface area (Å²) in [4.78, 5) is 17.1. The number of fused-ring (bicyclic) bond motifs is 1. The molecule has 4 rings (SSSR count). The minimum atomic E-state index is -0.437. The second-order valence-corrected chi connectivity index (χ2v) is 7.79. The van der Waals surface area contributed by atoms with Crippen molar-refractivity contribution in [2.24, 2.45) is 0 Å². The zero-order valence-electron chi connectivity index (χ0n) is 17.1. The van der Waals surface area contributed by atoms with Gasteiger partial charge >= 0.3 is 0 Å². The fourth-order valence-corrected chi connectivity index (χ4v) is 3.47. The van der Waals surface area contributed by atoms with Crippen LogP contribution in [0.5, 0.6) is 0 Å². The molecule has 1 atom stereocenters. The van der Waals surface area contributed by atoms with E-state index in [0.717, 1.165) is 5.56 Å². The molecule has 0 aliphatic heterocycles. The molecular formula is C23H26FN5O2. The Morgan fingerprint density at radius 3 is 2.74 bits per heavy atom. The molecule has 0 radical (unpaired) electrons. The number of benzene rings is 2. The third-order valence-electron chi connectivity index (χ3n) is 5.36. The first-order valence-electron chi connectivity index (χ1n) is 10.3. The number of hydrogen-bond acceptors (Lipinski definition) is 6. The van der Waals surface area contributed by atoms with Gasteiger partial charge in [0.2, 0.25) is 0 Å². The molecule has 8 heteroatoms. The molecule has 1 heterocycles. The summed E-state index contributed by atoms with van der Waals surface area (Å²) < 4.78 is 13.6. The Morgan fingerprint density at radius 2 is 2.00 bits per heavy atom. The van der Waals surface area contributed by atoms with Crippen LogP contribution >= 0.6 is 0 Å². The number of amides is 1. The fraction of sp³-hybridized carbons (Fsp3) is 0.304. The van der Waals surface area contributed by atoms with Crippen LogP contribution in [0.15, 0.2) is 48.7 Å². The van der Waals surface area contributed by atoms with Gasteiger partial charge in [-0.3, -0.25) is 4.79 Å². The van der Waals surface area contributed by atoms with E-state index in [4.69, 9.17) is 5.73 Å². The highest BCUT2D eigenvalue weighted by Crippen LogP contribution is 2.29. The van der Waals surface area contributed by atoms with Crippen molar-refractivity contribution in [2.45, 2.75) is 24.9 Å². The van der Waals surface area contributed by atoms with Crippen LogP contribution in [0.2, 0.25) is 0 Å². The van der Waals surface area contributed by atoms with E-state index in [2.05, 4.69) is 20.9 Å². The largest absolute Gasteiger partial charge is 0.394 e. The number of aliphatic hydroxyl groups is 1. The van der Waals surface area contributed by atoms with E-state index in [1.807, 2.05) is 6.07 Å². The lowest BCUT2D eigenvalue weighted by Crippen LogP contribution is -2.46. The van der Waals surface area contributed by atoms with Crippen LogP contribution in [0.3, 0.4) is 0 Å². The van der Waals surface area contributed by atoms with Gasteiger partial charge in [-0.1, -0.05) is 24.3 Å². The van der Waals surface area contributed by atoms with Gasteiger partial charge in [0.25, 0.3) is 5.91 Å². The molecule has 1 fully saturated rings. The van der Waals surface area contributed by atoms with Crippen molar-refractivity contribution in [3.8, 4) is 11.1 Å². The number of carbonyl (C=O) groups excluding carboxylic acids is 1. The Balaban J connectivity index is 1.52. The van der Waals surface area contributed by atoms with Gasteiger partial charge in [0.05, 0.1) is 18.2 Å². The number of halogens is 1. The van der Waals surface area contributed by atoms with E-state index in [1.165, 1.54) is 31.2 Å². The van der Waals surface area contributed by atoms with Crippen molar-refractivity contribution in [3.05, 3.63) is 60.0 Å². The van der Waals surface area contributed by atoms with Gasteiger partial charge in [0.1, 0.15) is 11.6 Å². The van der Waals surface area contributed by atoms with Gasteiger partial charge in [0.15, 0.2) is 0 Å². The Kier molecular flexibility index (Phi) is 6.41. The van der Waals surface area contributed by atoms with Gasteiger partial charge in [-0.15, -0.1) is 0 Å². The molecule has 1 amide bonds. The summed E-state index contributed by atoms with van der Waals surface area (Å²) in [5.74, 6) is -0.379. The molecule has 6 N–H and O–H groups in total. The fourth-order valence-electron chi connectivity index (χ4n) is 3.47. The molecule has 2 aromatic carbocycles. The number of carbonyl (C=O) groups is 1. The van der Waals surface area contributed by atoms with Crippen LogP contribution in [0.25, 0.3) is 21.9 Å². The molecule has 31 heavy (non-hydrogen) atoms. The van der Waals surface area contributed by atoms with E-state index in [1.54, 1.807) is 24.3 Å².